The molecule has 2 amide bonds. The Labute approximate surface area is 176 Å². The second-order valence-corrected chi connectivity index (χ2v) is 8.61. The number of carbonyl (C=O) groups excluding carboxylic acids is 2. The van der Waals surface area contributed by atoms with E-state index in [0.717, 1.165) is 18.9 Å². The Hall–Kier alpha value is -3.23. The Kier molecular flexibility index (Phi) is 4.22. The van der Waals surface area contributed by atoms with Crippen LogP contribution < -0.4 is 10.7 Å². The van der Waals surface area contributed by atoms with Crippen LogP contribution >= 0.6 is 0 Å². The minimum Gasteiger partial charge on any atom is -0.503 e. The third kappa shape index (κ3) is 2.65. The molecule has 2 atom stereocenters. The van der Waals surface area contributed by atoms with Crippen LogP contribution in [-0.4, -0.2) is 38.5 Å². The van der Waals surface area contributed by atoms with Gasteiger partial charge in [0.15, 0.2) is 11.4 Å². The lowest BCUT2D eigenvalue weighted by molar-refractivity contribution is 0.0387. The van der Waals surface area contributed by atoms with Gasteiger partial charge in [-0.25, -0.2) is 8.78 Å². The summed E-state index contributed by atoms with van der Waals surface area (Å²) in [5, 5.41) is 13.1. The Balaban J connectivity index is 1.56. The van der Waals surface area contributed by atoms with E-state index in [1.165, 1.54) is 6.07 Å². The highest BCUT2D eigenvalue weighted by molar-refractivity contribution is 6.01. The molecule has 162 valence electrons. The van der Waals surface area contributed by atoms with Crippen LogP contribution in [0.5, 0.6) is 5.75 Å². The molecule has 0 radical (unpaired) electrons. The van der Waals surface area contributed by atoms with Crippen molar-refractivity contribution in [3.63, 3.8) is 0 Å². The summed E-state index contributed by atoms with van der Waals surface area (Å²) in [6, 6.07) is 2.87. The van der Waals surface area contributed by atoms with E-state index in [9.17, 15) is 28.3 Å². The summed E-state index contributed by atoms with van der Waals surface area (Å²) >= 11 is 0. The number of fused-ring (bicyclic) bond motifs is 2. The van der Waals surface area contributed by atoms with E-state index in [4.69, 9.17) is 0 Å². The average Bonchev–Trinajstić information content (AvgIpc) is 3.32. The van der Waals surface area contributed by atoms with Crippen molar-refractivity contribution in [2.24, 2.45) is 0 Å². The number of hydrogen-bond acceptors (Lipinski definition) is 4. The third-order valence-electron chi connectivity index (χ3n) is 6.98. The fourth-order valence-electron chi connectivity index (χ4n) is 5.47. The van der Waals surface area contributed by atoms with Crippen LogP contribution in [-0.2, 0) is 13.0 Å². The van der Waals surface area contributed by atoms with Crippen LogP contribution in [0.15, 0.2) is 23.0 Å². The van der Waals surface area contributed by atoms with Gasteiger partial charge in [-0.3, -0.25) is 14.4 Å². The number of pyridine rings is 1. The lowest BCUT2D eigenvalue weighted by atomic mass is 9.85. The Bertz CT molecular complexity index is 1210. The van der Waals surface area contributed by atoms with E-state index in [1.807, 2.05) is 6.92 Å². The molecule has 9 heteroatoms. The second-order valence-electron chi connectivity index (χ2n) is 8.61. The maximum absolute atomic E-state index is 13.9. The van der Waals surface area contributed by atoms with Gasteiger partial charge in [0, 0.05) is 30.4 Å². The molecule has 1 aromatic carbocycles. The third-order valence-corrected chi connectivity index (χ3v) is 6.98. The molecule has 0 aliphatic carbocycles. The summed E-state index contributed by atoms with van der Waals surface area (Å²) in [6.45, 7) is 2.33. The Morgan fingerprint density at radius 1 is 1.32 bits per heavy atom. The number of nitrogens with zero attached hydrogens (tertiary/aromatic N) is 2. The molecule has 1 saturated heterocycles. The zero-order valence-electron chi connectivity index (χ0n) is 16.9. The molecule has 3 aliphatic rings. The molecule has 2 N–H and O–H groups in total. The quantitative estimate of drug-likeness (QED) is 0.783. The molecule has 31 heavy (non-hydrogen) atoms. The minimum absolute atomic E-state index is 0.0528. The highest BCUT2D eigenvalue weighted by atomic mass is 19.1. The van der Waals surface area contributed by atoms with Gasteiger partial charge in [0.25, 0.3) is 11.8 Å². The monoisotopic (exact) mass is 429 g/mol. The van der Waals surface area contributed by atoms with Crippen molar-refractivity contribution in [2.45, 2.75) is 50.7 Å². The molecule has 1 aromatic heterocycles. The van der Waals surface area contributed by atoms with E-state index in [2.05, 4.69) is 5.32 Å². The summed E-state index contributed by atoms with van der Waals surface area (Å²) in [5.74, 6) is -3.43. The van der Waals surface area contributed by atoms with Crippen LogP contribution in [0.3, 0.4) is 0 Å². The van der Waals surface area contributed by atoms with E-state index >= 15 is 0 Å². The number of rotatable bonds is 3. The molecule has 4 heterocycles. The molecule has 1 fully saturated rings. The predicted molar refractivity (Wildman–Crippen MR) is 106 cm³/mol. The molecule has 2 aromatic rings. The summed E-state index contributed by atoms with van der Waals surface area (Å²) in [5.41, 5.74) is -1.13. The minimum atomic E-state index is -0.907. The fraction of sp³-hybridized carbons (Fsp3) is 0.409. The van der Waals surface area contributed by atoms with Crippen molar-refractivity contribution in [3.05, 3.63) is 62.6 Å². The number of aromatic nitrogens is 1. The molecular formula is C22H21F2N3O4. The van der Waals surface area contributed by atoms with Crippen molar-refractivity contribution in [3.8, 4) is 5.75 Å². The molecule has 2 unspecified atom stereocenters. The topological polar surface area (TPSA) is 91.6 Å². The van der Waals surface area contributed by atoms with E-state index in [-0.39, 0.29) is 29.4 Å². The zero-order valence-corrected chi connectivity index (χ0v) is 16.9. The zero-order chi connectivity index (χ0) is 22.1. The van der Waals surface area contributed by atoms with Crippen molar-refractivity contribution < 1.29 is 23.5 Å². The average molecular weight is 429 g/mol. The SMILES string of the molecule is CC12CCCN1C(=O)c1c(O)c(=O)c(C(=O)NCc3ccc(F)cc3F)c3n1C2CC3. The first-order valence-electron chi connectivity index (χ1n) is 10.3. The summed E-state index contributed by atoms with van der Waals surface area (Å²) < 4.78 is 28.7. The van der Waals surface area contributed by atoms with Gasteiger partial charge in [-0.2, -0.15) is 0 Å². The first-order valence-corrected chi connectivity index (χ1v) is 10.3. The van der Waals surface area contributed by atoms with Gasteiger partial charge < -0.3 is 19.9 Å². The number of hydrogen-bond donors (Lipinski definition) is 2. The van der Waals surface area contributed by atoms with Crippen molar-refractivity contribution >= 4 is 11.8 Å². The van der Waals surface area contributed by atoms with Gasteiger partial charge in [-0.15, -0.1) is 0 Å². The van der Waals surface area contributed by atoms with Crippen LogP contribution in [0, 0.1) is 11.6 Å². The van der Waals surface area contributed by atoms with Crippen molar-refractivity contribution in [2.75, 3.05) is 6.54 Å². The molecule has 0 spiro atoms. The maximum Gasteiger partial charge on any atom is 0.275 e. The number of carbonyl (C=O) groups is 2. The Morgan fingerprint density at radius 3 is 2.84 bits per heavy atom. The summed E-state index contributed by atoms with van der Waals surface area (Å²) in [4.78, 5) is 40.6. The normalized spacial score (nSPS) is 23.6. The van der Waals surface area contributed by atoms with Gasteiger partial charge in [-0.05, 0) is 38.7 Å². The lowest BCUT2D eigenvalue weighted by Gasteiger charge is -2.46. The predicted octanol–water partition coefficient (Wildman–Crippen LogP) is 2.26. The van der Waals surface area contributed by atoms with Crippen molar-refractivity contribution in [1.29, 1.82) is 0 Å². The van der Waals surface area contributed by atoms with Gasteiger partial charge in [0.1, 0.15) is 17.2 Å². The number of halogens is 2. The highest BCUT2D eigenvalue weighted by Gasteiger charge is 2.54. The fourth-order valence-corrected chi connectivity index (χ4v) is 5.47. The second kappa shape index (κ2) is 6.63. The Morgan fingerprint density at radius 2 is 2.10 bits per heavy atom. The van der Waals surface area contributed by atoms with Crippen LogP contribution in [0.1, 0.15) is 64.3 Å². The van der Waals surface area contributed by atoms with Gasteiger partial charge in [-0.1, -0.05) is 6.07 Å². The summed E-state index contributed by atoms with van der Waals surface area (Å²) in [6.07, 6.45) is 2.70. The maximum atomic E-state index is 13.9. The van der Waals surface area contributed by atoms with Gasteiger partial charge in [0.05, 0.1) is 11.6 Å². The van der Waals surface area contributed by atoms with Crippen LogP contribution in [0.25, 0.3) is 0 Å². The number of benzene rings is 1. The molecule has 0 saturated carbocycles. The van der Waals surface area contributed by atoms with E-state index in [1.54, 1.807) is 9.47 Å². The standard InChI is InChI=1S/C22H21F2N3O4/c1-22-7-2-8-26(22)21(31)17-19(29)18(28)16(14-5-6-15(22)27(14)17)20(30)25-10-11-3-4-12(23)9-13(11)24/h3-4,9,15,29H,2,5-8,10H2,1H3,(H,25,30). The van der Waals surface area contributed by atoms with E-state index < -0.39 is 40.2 Å². The molecule has 3 aliphatic heterocycles. The largest absolute Gasteiger partial charge is 0.503 e. The lowest BCUT2D eigenvalue weighted by Crippen LogP contribution is -2.55. The first-order chi connectivity index (χ1) is 14.7. The molecule has 0 bridgehead atoms. The van der Waals surface area contributed by atoms with E-state index in [0.29, 0.717) is 31.1 Å². The molecule has 7 nitrogen and oxygen atoms in total. The number of nitrogens with one attached hydrogen (secondary N) is 1. The van der Waals surface area contributed by atoms with Crippen LogP contribution in [0.2, 0.25) is 0 Å². The highest BCUT2D eigenvalue weighted by Crippen LogP contribution is 2.50. The van der Waals surface area contributed by atoms with Gasteiger partial charge >= 0.3 is 0 Å². The van der Waals surface area contributed by atoms with Gasteiger partial charge in [0.2, 0.25) is 5.43 Å². The number of amides is 2. The summed E-state index contributed by atoms with van der Waals surface area (Å²) in [7, 11) is 0. The smallest absolute Gasteiger partial charge is 0.275 e. The molecular weight excluding hydrogens is 408 g/mol. The van der Waals surface area contributed by atoms with Crippen molar-refractivity contribution in [1.82, 2.24) is 14.8 Å². The first kappa shape index (κ1) is 19.7. The number of aromatic hydroxyl groups is 1. The van der Waals surface area contributed by atoms with Crippen LogP contribution in [0.4, 0.5) is 8.78 Å². The molecule has 5 rings (SSSR count).